The first-order valence-electron chi connectivity index (χ1n) is 4.82. The normalized spacial score (nSPS) is 10.0. The van der Waals surface area contributed by atoms with E-state index in [1.165, 1.54) is 0 Å². The number of rotatable bonds is 4. The Morgan fingerprint density at radius 3 is 2.62 bits per heavy atom. The molecule has 0 heterocycles. The zero-order valence-electron chi connectivity index (χ0n) is 8.33. The Balaban J connectivity index is 2.78. The van der Waals surface area contributed by atoms with E-state index >= 15 is 0 Å². The van der Waals surface area contributed by atoms with Crippen molar-refractivity contribution in [3.05, 3.63) is 24.3 Å². The van der Waals surface area contributed by atoms with E-state index in [0.717, 1.165) is 25.2 Å². The van der Waals surface area contributed by atoms with E-state index in [-0.39, 0.29) is 0 Å². The van der Waals surface area contributed by atoms with Crippen molar-refractivity contribution in [2.75, 3.05) is 18.0 Å². The first-order chi connectivity index (χ1) is 6.27. The fourth-order valence-corrected chi connectivity index (χ4v) is 1.43. The van der Waals surface area contributed by atoms with Crippen LogP contribution in [0.15, 0.2) is 24.3 Å². The summed E-state index contributed by atoms with van der Waals surface area (Å²) in [5, 5.41) is 9.30. The SMILES string of the molecule is CCCN(CC)c1cccc(O)c1. The molecule has 2 nitrogen and oxygen atoms in total. The van der Waals surface area contributed by atoms with Gasteiger partial charge in [-0.25, -0.2) is 0 Å². The zero-order chi connectivity index (χ0) is 9.68. The van der Waals surface area contributed by atoms with Gasteiger partial charge >= 0.3 is 0 Å². The number of hydrogen-bond acceptors (Lipinski definition) is 2. The molecule has 0 aliphatic heterocycles. The number of phenolic OH excluding ortho intramolecular Hbond substituents is 1. The molecule has 1 aromatic carbocycles. The molecule has 0 atom stereocenters. The Kier molecular flexibility index (Phi) is 3.62. The lowest BCUT2D eigenvalue weighted by Gasteiger charge is -2.22. The number of aromatic hydroxyl groups is 1. The van der Waals surface area contributed by atoms with Crippen molar-refractivity contribution in [3.8, 4) is 5.75 Å². The van der Waals surface area contributed by atoms with Crippen LogP contribution in [-0.2, 0) is 0 Å². The Labute approximate surface area is 79.8 Å². The number of hydrogen-bond donors (Lipinski definition) is 1. The zero-order valence-corrected chi connectivity index (χ0v) is 8.33. The number of nitrogens with zero attached hydrogens (tertiary/aromatic N) is 1. The van der Waals surface area contributed by atoms with Crippen LogP contribution in [0.3, 0.4) is 0 Å². The number of anilines is 1. The highest BCUT2D eigenvalue weighted by Gasteiger charge is 2.02. The van der Waals surface area contributed by atoms with Crippen molar-refractivity contribution in [1.82, 2.24) is 0 Å². The third-order valence-electron chi connectivity index (χ3n) is 2.07. The van der Waals surface area contributed by atoms with E-state index in [4.69, 9.17) is 0 Å². The first kappa shape index (κ1) is 9.90. The fraction of sp³-hybridized carbons (Fsp3) is 0.455. The van der Waals surface area contributed by atoms with Crippen LogP contribution < -0.4 is 4.90 Å². The number of benzene rings is 1. The minimum Gasteiger partial charge on any atom is -0.508 e. The molecule has 72 valence electrons. The molecule has 1 rings (SSSR count). The van der Waals surface area contributed by atoms with E-state index in [1.54, 1.807) is 12.1 Å². The summed E-state index contributed by atoms with van der Waals surface area (Å²) in [4.78, 5) is 2.25. The molecule has 0 fully saturated rings. The molecule has 0 unspecified atom stereocenters. The first-order valence-corrected chi connectivity index (χ1v) is 4.82. The minimum atomic E-state index is 0.340. The molecule has 2 heteroatoms. The lowest BCUT2D eigenvalue weighted by atomic mass is 10.2. The highest BCUT2D eigenvalue weighted by molar-refractivity contribution is 5.50. The summed E-state index contributed by atoms with van der Waals surface area (Å²) < 4.78 is 0. The summed E-state index contributed by atoms with van der Waals surface area (Å²) in [6.07, 6.45) is 1.13. The molecule has 0 aliphatic carbocycles. The molecule has 13 heavy (non-hydrogen) atoms. The van der Waals surface area contributed by atoms with Gasteiger partial charge in [0.15, 0.2) is 0 Å². The summed E-state index contributed by atoms with van der Waals surface area (Å²) in [5.41, 5.74) is 1.10. The monoisotopic (exact) mass is 179 g/mol. The molecule has 0 saturated carbocycles. The van der Waals surface area contributed by atoms with Crippen LogP contribution in [0, 0.1) is 0 Å². The Morgan fingerprint density at radius 2 is 2.08 bits per heavy atom. The molecule has 0 bridgehead atoms. The Bertz CT molecular complexity index is 260. The van der Waals surface area contributed by atoms with Gasteiger partial charge in [0.2, 0.25) is 0 Å². The lowest BCUT2D eigenvalue weighted by molar-refractivity contribution is 0.475. The summed E-state index contributed by atoms with van der Waals surface area (Å²) in [6.45, 7) is 6.31. The van der Waals surface area contributed by atoms with Crippen molar-refractivity contribution in [3.63, 3.8) is 0 Å². The third kappa shape index (κ3) is 2.65. The largest absolute Gasteiger partial charge is 0.508 e. The second-order valence-electron chi connectivity index (χ2n) is 3.10. The molecule has 0 aliphatic rings. The molecule has 0 saturated heterocycles. The predicted molar refractivity (Wildman–Crippen MR) is 56.3 cm³/mol. The third-order valence-corrected chi connectivity index (χ3v) is 2.07. The van der Waals surface area contributed by atoms with Crippen molar-refractivity contribution in [1.29, 1.82) is 0 Å². The molecule has 0 spiro atoms. The van der Waals surface area contributed by atoms with E-state index in [0.29, 0.717) is 5.75 Å². The van der Waals surface area contributed by atoms with Gasteiger partial charge in [0.1, 0.15) is 5.75 Å². The standard InChI is InChI=1S/C11H17NO/c1-3-8-12(4-2)10-6-5-7-11(13)9-10/h5-7,9,13H,3-4,8H2,1-2H3. The summed E-state index contributed by atoms with van der Waals surface area (Å²) >= 11 is 0. The molecule has 0 amide bonds. The molecular weight excluding hydrogens is 162 g/mol. The van der Waals surface area contributed by atoms with Crippen molar-refractivity contribution < 1.29 is 5.11 Å². The van der Waals surface area contributed by atoms with E-state index in [2.05, 4.69) is 18.7 Å². The fourth-order valence-electron chi connectivity index (χ4n) is 1.43. The van der Waals surface area contributed by atoms with Crippen molar-refractivity contribution in [2.45, 2.75) is 20.3 Å². The van der Waals surface area contributed by atoms with Gasteiger partial charge in [-0.15, -0.1) is 0 Å². The quantitative estimate of drug-likeness (QED) is 0.768. The van der Waals surface area contributed by atoms with Crippen LogP contribution in [-0.4, -0.2) is 18.2 Å². The summed E-state index contributed by atoms with van der Waals surface area (Å²) in [7, 11) is 0. The summed E-state index contributed by atoms with van der Waals surface area (Å²) in [5.74, 6) is 0.340. The molecular formula is C11H17NO. The van der Waals surface area contributed by atoms with Crippen molar-refractivity contribution >= 4 is 5.69 Å². The average molecular weight is 179 g/mol. The van der Waals surface area contributed by atoms with Crippen molar-refractivity contribution in [2.24, 2.45) is 0 Å². The highest BCUT2D eigenvalue weighted by atomic mass is 16.3. The van der Waals surface area contributed by atoms with Gasteiger partial charge in [0, 0.05) is 24.8 Å². The van der Waals surface area contributed by atoms with Gasteiger partial charge in [0.05, 0.1) is 0 Å². The lowest BCUT2D eigenvalue weighted by Crippen LogP contribution is -2.23. The topological polar surface area (TPSA) is 23.5 Å². The van der Waals surface area contributed by atoms with E-state index in [1.807, 2.05) is 12.1 Å². The number of phenols is 1. The maximum absolute atomic E-state index is 9.30. The van der Waals surface area contributed by atoms with Gasteiger partial charge in [-0.2, -0.15) is 0 Å². The second-order valence-corrected chi connectivity index (χ2v) is 3.10. The molecule has 1 aromatic rings. The molecule has 0 aromatic heterocycles. The highest BCUT2D eigenvalue weighted by Crippen LogP contribution is 2.19. The average Bonchev–Trinajstić information content (AvgIpc) is 2.14. The van der Waals surface area contributed by atoms with Crippen LogP contribution >= 0.6 is 0 Å². The van der Waals surface area contributed by atoms with E-state index < -0.39 is 0 Å². The van der Waals surface area contributed by atoms with Crippen LogP contribution in [0.25, 0.3) is 0 Å². The van der Waals surface area contributed by atoms with Crippen LogP contribution in [0.1, 0.15) is 20.3 Å². The predicted octanol–water partition coefficient (Wildman–Crippen LogP) is 2.63. The second kappa shape index (κ2) is 4.75. The maximum Gasteiger partial charge on any atom is 0.117 e. The Hall–Kier alpha value is -1.18. The van der Waals surface area contributed by atoms with Crippen LogP contribution in [0.2, 0.25) is 0 Å². The van der Waals surface area contributed by atoms with Crippen LogP contribution in [0.5, 0.6) is 5.75 Å². The van der Waals surface area contributed by atoms with Gasteiger partial charge in [-0.3, -0.25) is 0 Å². The Morgan fingerprint density at radius 1 is 1.31 bits per heavy atom. The van der Waals surface area contributed by atoms with Gasteiger partial charge in [-0.05, 0) is 25.5 Å². The van der Waals surface area contributed by atoms with Gasteiger partial charge in [-0.1, -0.05) is 13.0 Å². The van der Waals surface area contributed by atoms with E-state index in [9.17, 15) is 5.11 Å². The maximum atomic E-state index is 9.30. The van der Waals surface area contributed by atoms with Gasteiger partial charge < -0.3 is 10.0 Å². The smallest absolute Gasteiger partial charge is 0.117 e. The van der Waals surface area contributed by atoms with Gasteiger partial charge in [0.25, 0.3) is 0 Å². The summed E-state index contributed by atoms with van der Waals surface area (Å²) in [6, 6.07) is 7.41. The minimum absolute atomic E-state index is 0.340. The molecule has 1 N–H and O–H groups in total. The van der Waals surface area contributed by atoms with Crippen LogP contribution in [0.4, 0.5) is 5.69 Å². The molecule has 0 radical (unpaired) electrons.